The molecule has 0 amide bonds. The van der Waals surface area contributed by atoms with Gasteiger partial charge in [-0.05, 0) is 38.0 Å². The number of rotatable bonds is 5. The summed E-state index contributed by atoms with van der Waals surface area (Å²) in [5.41, 5.74) is 2.32. The smallest absolute Gasteiger partial charge is 0.264 e. The van der Waals surface area contributed by atoms with E-state index in [-0.39, 0.29) is 10.8 Å². The molecule has 108 valence electrons. The number of nitrogens with zero attached hydrogens (tertiary/aromatic N) is 1. The van der Waals surface area contributed by atoms with Crippen LogP contribution in [0.4, 0.5) is 5.88 Å². The Balaban J connectivity index is 2.24. The Morgan fingerprint density at radius 2 is 1.90 bits per heavy atom. The standard InChI is InChI=1S/C13H15ClN2O3S/c1-9-10(2)15-19-13(9)16-20(17,18)12-5-3-11(4-6-12)7-8-14/h3-6,16H,7-8H2,1-2H3. The zero-order chi connectivity index (χ0) is 14.8. The molecule has 0 radical (unpaired) electrons. The average Bonchev–Trinajstić information content (AvgIpc) is 2.71. The number of nitrogens with one attached hydrogen (secondary N) is 1. The highest BCUT2D eigenvalue weighted by atomic mass is 35.5. The number of benzene rings is 1. The number of aryl methyl sites for hydroxylation is 2. The van der Waals surface area contributed by atoms with Crippen LogP contribution in [0.5, 0.6) is 0 Å². The highest BCUT2D eigenvalue weighted by molar-refractivity contribution is 7.92. The molecule has 0 saturated carbocycles. The topological polar surface area (TPSA) is 72.2 Å². The molecule has 20 heavy (non-hydrogen) atoms. The lowest BCUT2D eigenvalue weighted by Gasteiger charge is -2.06. The first-order valence-electron chi connectivity index (χ1n) is 6.04. The summed E-state index contributed by atoms with van der Waals surface area (Å²) in [5, 5.41) is 3.72. The van der Waals surface area contributed by atoms with Crippen LogP contribution < -0.4 is 4.72 Å². The average molecular weight is 315 g/mol. The van der Waals surface area contributed by atoms with E-state index in [2.05, 4.69) is 9.88 Å². The Labute approximate surface area is 123 Å². The predicted octanol–water partition coefficient (Wildman–Crippen LogP) is 2.87. The number of alkyl halides is 1. The van der Waals surface area contributed by atoms with Gasteiger partial charge in [0.05, 0.1) is 10.6 Å². The van der Waals surface area contributed by atoms with Crippen molar-refractivity contribution < 1.29 is 12.9 Å². The summed E-state index contributed by atoms with van der Waals surface area (Å²) < 4.78 is 31.8. The highest BCUT2D eigenvalue weighted by Crippen LogP contribution is 2.21. The molecule has 1 heterocycles. The first kappa shape index (κ1) is 14.9. The second kappa shape index (κ2) is 5.85. The van der Waals surface area contributed by atoms with Gasteiger partial charge in [0.1, 0.15) is 0 Å². The Morgan fingerprint density at radius 1 is 1.25 bits per heavy atom. The van der Waals surface area contributed by atoms with E-state index in [0.717, 1.165) is 5.56 Å². The Morgan fingerprint density at radius 3 is 2.40 bits per heavy atom. The monoisotopic (exact) mass is 314 g/mol. The van der Waals surface area contributed by atoms with Crippen molar-refractivity contribution in [3.05, 3.63) is 41.1 Å². The van der Waals surface area contributed by atoms with E-state index in [0.29, 0.717) is 23.6 Å². The number of aromatic nitrogens is 1. The van der Waals surface area contributed by atoms with E-state index < -0.39 is 10.0 Å². The summed E-state index contributed by atoms with van der Waals surface area (Å²) in [5.74, 6) is 0.647. The largest absolute Gasteiger partial charge is 0.337 e. The van der Waals surface area contributed by atoms with Crippen molar-refractivity contribution in [3.8, 4) is 0 Å². The summed E-state index contributed by atoms with van der Waals surface area (Å²) in [6, 6.07) is 6.58. The van der Waals surface area contributed by atoms with Crippen LogP contribution in [-0.4, -0.2) is 19.5 Å². The normalized spacial score (nSPS) is 11.6. The van der Waals surface area contributed by atoms with Crippen LogP contribution in [0.15, 0.2) is 33.7 Å². The number of hydrogen-bond donors (Lipinski definition) is 1. The van der Waals surface area contributed by atoms with Gasteiger partial charge in [0.25, 0.3) is 10.0 Å². The van der Waals surface area contributed by atoms with E-state index in [9.17, 15) is 8.42 Å². The number of sulfonamides is 1. The lowest BCUT2D eigenvalue weighted by Crippen LogP contribution is -2.13. The van der Waals surface area contributed by atoms with Crippen molar-refractivity contribution in [2.45, 2.75) is 25.2 Å². The van der Waals surface area contributed by atoms with Crippen molar-refractivity contribution in [3.63, 3.8) is 0 Å². The van der Waals surface area contributed by atoms with Gasteiger partial charge in [-0.1, -0.05) is 17.3 Å². The summed E-state index contributed by atoms with van der Waals surface area (Å²) in [4.78, 5) is 0.171. The number of halogens is 1. The molecule has 0 bridgehead atoms. The van der Waals surface area contributed by atoms with Crippen LogP contribution in [0.3, 0.4) is 0 Å². The van der Waals surface area contributed by atoms with Crippen LogP contribution in [0.25, 0.3) is 0 Å². The Hall–Kier alpha value is -1.53. The zero-order valence-electron chi connectivity index (χ0n) is 11.2. The molecule has 0 unspecified atom stereocenters. The molecule has 7 heteroatoms. The maximum Gasteiger partial charge on any atom is 0.264 e. The minimum atomic E-state index is -3.67. The van der Waals surface area contributed by atoms with Gasteiger partial charge < -0.3 is 4.52 Å². The third-order valence-electron chi connectivity index (χ3n) is 3.00. The summed E-state index contributed by atoms with van der Waals surface area (Å²) in [6.07, 6.45) is 0.704. The summed E-state index contributed by atoms with van der Waals surface area (Å²) in [7, 11) is -3.67. The molecule has 0 atom stereocenters. The van der Waals surface area contributed by atoms with Crippen molar-refractivity contribution >= 4 is 27.5 Å². The third-order valence-corrected chi connectivity index (χ3v) is 4.54. The Bertz CT molecular complexity index is 693. The SMILES string of the molecule is Cc1noc(NS(=O)(=O)c2ccc(CCCl)cc2)c1C. The quantitative estimate of drug-likeness (QED) is 0.861. The molecule has 2 aromatic rings. The van der Waals surface area contributed by atoms with E-state index in [4.69, 9.17) is 16.1 Å². The van der Waals surface area contributed by atoms with E-state index in [1.54, 1.807) is 38.1 Å². The van der Waals surface area contributed by atoms with E-state index >= 15 is 0 Å². The second-order valence-electron chi connectivity index (χ2n) is 4.41. The predicted molar refractivity (Wildman–Crippen MR) is 77.7 cm³/mol. The van der Waals surface area contributed by atoms with Gasteiger partial charge in [-0.2, -0.15) is 0 Å². The van der Waals surface area contributed by atoms with Crippen molar-refractivity contribution in [1.82, 2.24) is 5.16 Å². The fraction of sp³-hybridized carbons (Fsp3) is 0.308. The molecule has 0 spiro atoms. The minimum Gasteiger partial charge on any atom is -0.337 e. The molecule has 0 fully saturated rings. The van der Waals surface area contributed by atoms with Gasteiger partial charge in [-0.15, -0.1) is 11.6 Å². The molecule has 0 aliphatic heterocycles. The maximum atomic E-state index is 12.2. The molecule has 2 rings (SSSR count). The van der Waals surface area contributed by atoms with Gasteiger partial charge in [0.15, 0.2) is 0 Å². The molecule has 1 aromatic heterocycles. The van der Waals surface area contributed by atoms with Crippen molar-refractivity contribution in [1.29, 1.82) is 0 Å². The fourth-order valence-electron chi connectivity index (χ4n) is 1.64. The molecule has 0 aliphatic carbocycles. The molecule has 0 aliphatic rings. The first-order chi connectivity index (χ1) is 9.44. The molecule has 0 saturated heterocycles. The van der Waals surface area contributed by atoms with Crippen LogP contribution in [0.1, 0.15) is 16.8 Å². The first-order valence-corrected chi connectivity index (χ1v) is 8.06. The molecular weight excluding hydrogens is 300 g/mol. The Kier molecular flexibility index (Phi) is 4.35. The van der Waals surface area contributed by atoms with Crippen LogP contribution in [0, 0.1) is 13.8 Å². The number of hydrogen-bond acceptors (Lipinski definition) is 4. The van der Waals surface area contributed by atoms with Crippen LogP contribution >= 0.6 is 11.6 Å². The molecule has 1 N–H and O–H groups in total. The zero-order valence-corrected chi connectivity index (χ0v) is 12.8. The lowest BCUT2D eigenvalue weighted by molar-refractivity contribution is 0.430. The summed E-state index contributed by atoms with van der Waals surface area (Å²) >= 11 is 5.64. The molecule has 1 aromatic carbocycles. The second-order valence-corrected chi connectivity index (χ2v) is 6.47. The highest BCUT2D eigenvalue weighted by Gasteiger charge is 2.18. The van der Waals surface area contributed by atoms with Crippen LogP contribution in [0.2, 0.25) is 0 Å². The molecule has 5 nitrogen and oxygen atoms in total. The lowest BCUT2D eigenvalue weighted by atomic mass is 10.2. The minimum absolute atomic E-state index is 0.146. The van der Waals surface area contributed by atoms with E-state index in [1.807, 2.05) is 0 Å². The van der Waals surface area contributed by atoms with E-state index in [1.165, 1.54) is 0 Å². The van der Waals surface area contributed by atoms with Crippen molar-refractivity contribution in [2.75, 3.05) is 10.6 Å². The van der Waals surface area contributed by atoms with Gasteiger partial charge >= 0.3 is 0 Å². The third kappa shape index (κ3) is 3.13. The van der Waals surface area contributed by atoms with Gasteiger partial charge in [-0.3, -0.25) is 0 Å². The summed E-state index contributed by atoms with van der Waals surface area (Å²) in [6.45, 7) is 3.49. The molecular formula is C13H15ClN2O3S. The maximum absolute atomic E-state index is 12.2. The van der Waals surface area contributed by atoms with Crippen molar-refractivity contribution in [2.24, 2.45) is 0 Å². The fourth-order valence-corrected chi connectivity index (χ4v) is 2.90. The van der Waals surface area contributed by atoms with Gasteiger partial charge in [0.2, 0.25) is 5.88 Å². The van der Waals surface area contributed by atoms with Crippen LogP contribution in [-0.2, 0) is 16.4 Å². The van der Waals surface area contributed by atoms with Gasteiger partial charge in [0, 0.05) is 11.4 Å². The van der Waals surface area contributed by atoms with Gasteiger partial charge in [-0.25, -0.2) is 13.1 Å². The number of anilines is 1.